The number of nitrogens with one attached hydrogen (secondary N) is 1. The number of rotatable bonds is 1. The van der Waals surface area contributed by atoms with Crippen LogP contribution in [0.3, 0.4) is 0 Å². The minimum Gasteiger partial charge on any atom is -0.360 e. The van der Waals surface area contributed by atoms with Crippen LogP contribution in [0.5, 0.6) is 0 Å². The minimum absolute atomic E-state index is 0.706. The van der Waals surface area contributed by atoms with Crippen molar-refractivity contribution in [1.82, 2.24) is 14.4 Å². The fraction of sp³-hybridized carbons (Fsp3) is 0. The summed E-state index contributed by atoms with van der Waals surface area (Å²) in [5, 5.41) is 0.706. The number of imidazole rings is 1. The third-order valence-electron chi connectivity index (χ3n) is 2.29. The molecule has 4 heteroatoms. The van der Waals surface area contributed by atoms with Gasteiger partial charge in [-0.05, 0) is 24.3 Å². The van der Waals surface area contributed by atoms with Gasteiger partial charge < -0.3 is 9.38 Å². The van der Waals surface area contributed by atoms with Crippen molar-refractivity contribution in [3.63, 3.8) is 0 Å². The lowest BCUT2D eigenvalue weighted by Crippen LogP contribution is -1.79. The molecule has 3 aromatic heterocycles. The number of pyridine rings is 1. The molecule has 0 fully saturated rings. The van der Waals surface area contributed by atoms with Crippen molar-refractivity contribution in [2.24, 2.45) is 0 Å². The molecule has 3 rings (SSSR count). The molecule has 0 spiro atoms. The van der Waals surface area contributed by atoms with E-state index in [4.69, 9.17) is 11.6 Å². The Morgan fingerprint density at radius 2 is 2.13 bits per heavy atom. The average Bonchev–Trinajstić information content (AvgIpc) is 2.84. The lowest BCUT2D eigenvalue weighted by Gasteiger charge is -1.91. The van der Waals surface area contributed by atoms with E-state index >= 15 is 0 Å². The maximum absolute atomic E-state index is 5.90. The predicted octanol–water partition coefficient (Wildman–Crippen LogP) is 2.98. The van der Waals surface area contributed by atoms with Crippen LogP contribution < -0.4 is 0 Å². The number of H-pyrrole nitrogens is 1. The highest BCUT2D eigenvalue weighted by Crippen LogP contribution is 2.18. The number of aromatic nitrogens is 3. The van der Waals surface area contributed by atoms with E-state index < -0.39 is 0 Å². The summed E-state index contributed by atoms with van der Waals surface area (Å²) in [4.78, 5) is 7.59. The first-order chi connectivity index (χ1) is 7.33. The number of aromatic amines is 1. The summed E-state index contributed by atoms with van der Waals surface area (Å²) in [5.41, 5.74) is 2.82. The van der Waals surface area contributed by atoms with E-state index in [1.807, 2.05) is 47.3 Å². The van der Waals surface area contributed by atoms with Crippen molar-refractivity contribution in [2.45, 2.75) is 0 Å². The Morgan fingerprint density at radius 3 is 2.93 bits per heavy atom. The van der Waals surface area contributed by atoms with Gasteiger partial charge in [0.25, 0.3) is 0 Å². The molecule has 0 saturated carbocycles. The van der Waals surface area contributed by atoms with E-state index in [0.717, 1.165) is 17.0 Å². The molecule has 0 aliphatic carbocycles. The van der Waals surface area contributed by atoms with Gasteiger partial charge in [0.05, 0.1) is 10.7 Å². The topological polar surface area (TPSA) is 33.1 Å². The van der Waals surface area contributed by atoms with Gasteiger partial charge in [0.15, 0.2) is 0 Å². The van der Waals surface area contributed by atoms with E-state index in [2.05, 4.69) is 9.97 Å². The maximum atomic E-state index is 5.90. The van der Waals surface area contributed by atoms with Crippen LogP contribution in [0.2, 0.25) is 5.02 Å². The maximum Gasteiger partial charge on any atom is 0.137 e. The summed E-state index contributed by atoms with van der Waals surface area (Å²) >= 11 is 5.90. The van der Waals surface area contributed by atoms with Crippen LogP contribution in [0.1, 0.15) is 0 Å². The van der Waals surface area contributed by atoms with Crippen molar-refractivity contribution < 1.29 is 0 Å². The molecule has 3 aromatic rings. The second-order valence-corrected chi connectivity index (χ2v) is 3.76. The smallest absolute Gasteiger partial charge is 0.137 e. The van der Waals surface area contributed by atoms with Crippen molar-refractivity contribution >= 4 is 17.2 Å². The van der Waals surface area contributed by atoms with Gasteiger partial charge in [0.1, 0.15) is 11.3 Å². The molecule has 0 aliphatic rings. The summed E-state index contributed by atoms with van der Waals surface area (Å²) in [6, 6.07) is 7.67. The molecule has 0 aliphatic heterocycles. The Balaban J connectivity index is 2.22. The normalized spacial score (nSPS) is 11.0. The van der Waals surface area contributed by atoms with E-state index in [0.29, 0.717) is 5.02 Å². The molecular weight excluding hydrogens is 210 g/mol. The van der Waals surface area contributed by atoms with Crippen LogP contribution in [0.4, 0.5) is 0 Å². The molecule has 0 radical (unpaired) electrons. The summed E-state index contributed by atoms with van der Waals surface area (Å²) in [6.07, 6.45) is 5.68. The zero-order valence-electron chi connectivity index (χ0n) is 7.81. The van der Waals surface area contributed by atoms with Gasteiger partial charge in [-0.15, -0.1) is 0 Å². The molecular formula is C11H8ClN3. The molecule has 0 aromatic carbocycles. The minimum atomic E-state index is 0.706. The van der Waals surface area contributed by atoms with E-state index in [9.17, 15) is 0 Å². The lowest BCUT2D eigenvalue weighted by atomic mass is 10.3. The van der Waals surface area contributed by atoms with E-state index in [-0.39, 0.29) is 0 Å². The van der Waals surface area contributed by atoms with Crippen LogP contribution in [0.15, 0.2) is 42.9 Å². The molecule has 0 saturated heterocycles. The van der Waals surface area contributed by atoms with Gasteiger partial charge in [0, 0.05) is 18.6 Å². The summed E-state index contributed by atoms with van der Waals surface area (Å²) in [7, 11) is 0. The Bertz CT molecular complexity index is 595. The largest absolute Gasteiger partial charge is 0.360 e. The van der Waals surface area contributed by atoms with Gasteiger partial charge in [-0.1, -0.05) is 11.6 Å². The fourth-order valence-corrected chi connectivity index (χ4v) is 1.75. The van der Waals surface area contributed by atoms with Crippen LogP contribution >= 0.6 is 11.6 Å². The Kier molecular flexibility index (Phi) is 1.79. The summed E-state index contributed by atoms with van der Waals surface area (Å²) < 4.78 is 1.92. The number of hydrogen-bond donors (Lipinski definition) is 1. The first-order valence-corrected chi connectivity index (χ1v) is 4.99. The molecule has 3 heterocycles. The van der Waals surface area contributed by atoms with Gasteiger partial charge in [-0.25, -0.2) is 4.98 Å². The second-order valence-electron chi connectivity index (χ2n) is 3.32. The standard InChI is InChI=1S/C11H8ClN3/c12-8-3-4-11-14-10(7-15(11)6-8)9-2-1-5-13-9/h1-7,13H. The highest BCUT2D eigenvalue weighted by molar-refractivity contribution is 6.30. The highest BCUT2D eigenvalue weighted by atomic mass is 35.5. The molecule has 1 N–H and O–H groups in total. The first-order valence-electron chi connectivity index (χ1n) is 4.61. The second kappa shape index (κ2) is 3.14. The number of fused-ring (bicyclic) bond motifs is 1. The van der Waals surface area contributed by atoms with Gasteiger partial charge >= 0.3 is 0 Å². The molecule has 74 valence electrons. The number of hydrogen-bond acceptors (Lipinski definition) is 1. The van der Waals surface area contributed by atoms with Crippen LogP contribution in [-0.2, 0) is 0 Å². The van der Waals surface area contributed by atoms with Crippen molar-refractivity contribution in [1.29, 1.82) is 0 Å². The van der Waals surface area contributed by atoms with Crippen molar-refractivity contribution in [2.75, 3.05) is 0 Å². The average molecular weight is 218 g/mol. The summed E-state index contributed by atoms with van der Waals surface area (Å²) in [5.74, 6) is 0. The fourth-order valence-electron chi connectivity index (χ4n) is 1.58. The zero-order chi connectivity index (χ0) is 10.3. The SMILES string of the molecule is Clc1ccc2nc(-c3ccc[nH]3)cn2c1. The quantitative estimate of drug-likeness (QED) is 0.668. The van der Waals surface area contributed by atoms with E-state index in [1.165, 1.54) is 0 Å². The monoisotopic (exact) mass is 217 g/mol. The zero-order valence-corrected chi connectivity index (χ0v) is 8.57. The molecule has 0 unspecified atom stereocenters. The molecule has 15 heavy (non-hydrogen) atoms. The Morgan fingerprint density at radius 1 is 1.20 bits per heavy atom. The lowest BCUT2D eigenvalue weighted by molar-refractivity contribution is 1.19. The number of halogens is 1. The first kappa shape index (κ1) is 8.56. The molecule has 0 atom stereocenters. The van der Waals surface area contributed by atoms with Crippen LogP contribution in [0.25, 0.3) is 17.0 Å². The third-order valence-corrected chi connectivity index (χ3v) is 2.51. The Labute approximate surface area is 91.3 Å². The summed E-state index contributed by atoms with van der Waals surface area (Å²) in [6.45, 7) is 0. The molecule has 0 amide bonds. The van der Waals surface area contributed by atoms with Gasteiger partial charge in [-0.3, -0.25) is 0 Å². The predicted molar refractivity (Wildman–Crippen MR) is 60.0 cm³/mol. The highest BCUT2D eigenvalue weighted by Gasteiger charge is 2.04. The van der Waals surface area contributed by atoms with Crippen molar-refractivity contribution in [3.05, 3.63) is 47.9 Å². The number of nitrogens with zero attached hydrogens (tertiary/aromatic N) is 2. The van der Waals surface area contributed by atoms with Crippen LogP contribution in [0, 0.1) is 0 Å². The molecule has 3 nitrogen and oxygen atoms in total. The Hall–Kier alpha value is -1.74. The van der Waals surface area contributed by atoms with Crippen LogP contribution in [-0.4, -0.2) is 14.4 Å². The van der Waals surface area contributed by atoms with Crippen molar-refractivity contribution in [3.8, 4) is 11.4 Å². The third kappa shape index (κ3) is 1.41. The van der Waals surface area contributed by atoms with E-state index in [1.54, 1.807) is 0 Å². The van der Waals surface area contributed by atoms with Gasteiger partial charge in [0.2, 0.25) is 0 Å². The van der Waals surface area contributed by atoms with Gasteiger partial charge in [-0.2, -0.15) is 0 Å². The molecule has 0 bridgehead atoms.